The lowest BCUT2D eigenvalue weighted by Crippen LogP contribution is -2.16. The van der Waals surface area contributed by atoms with Gasteiger partial charge in [-0.2, -0.15) is 0 Å². The van der Waals surface area contributed by atoms with Gasteiger partial charge in [0.2, 0.25) is 6.41 Å². The van der Waals surface area contributed by atoms with Crippen molar-refractivity contribution in [3.63, 3.8) is 0 Å². The number of aliphatic hydroxyl groups excluding tert-OH is 1. The van der Waals surface area contributed by atoms with Crippen LogP contribution < -0.4 is 16.4 Å². The van der Waals surface area contributed by atoms with E-state index >= 15 is 0 Å². The maximum Gasteiger partial charge on any atom is 0.253 e. The zero-order valence-corrected chi connectivity index (χ0v) is 13.3. The van der Waals surface area contributed by atoms with E-state index in [0.29, 0.717) is 36.2 Å². The van der Waals surface area contributed by atoms with E-state index in [1.54, 1.807) is 6.07 Å². The number of aliphatic hydroxyl groups is 1. The van der Waals surface area contributed by atoms with Gasteiger partial charge < -0.3 is 30.9 Å². The van der Waals surface area contributed by atoms with Gasteiger partial charge in [0.1, 0.15) is 17.3 Å². The Morgan fingerprint density at radius 1 is 1.32 bits per heavy atom. The summed E-state index contributed by atoms with van der Waals surface area (Å²) in [6, 6.07) is 9.09. The number of rotatable bonds is 8. The third-order valence-electron chi connectivity index (χ3n) is 3.78. The number of hydrogen-bond donors (Lipinski definition) is 5. The number of carbonyl (C=O) groups is 2. The summed E-state index contributed by atoms with van der Waals surface area (Å²) in [6.07, 6.45) is 0.482. The molecule has 0 saturated heterocycles. The minimum absolute atomic E-state index is 0.0659. The molecule has 1 aromatic carbocycles. The lowest BCUT2D eigenvalue weighted by molar-refractivity contribution is -0.105. The van der Waals surface area contributed by atoms with Crippen LogP contribution in [0.1, 0.15) is 16.1 Å². The number of hydrogen-bond acceptors (Lipinski definition) is 5. The molecule has 6 N–H and O–H groups in total. The molecule has 0 aliphatic rings. The van der Waals surface area contributed by atoms with E-state index in [-0.39, 0.29) is 18.0 Å². The number of amides is 2. The lowest BCUT2D eigenvalue weighted by atomic mass is 10.1. The number of furan rings is 1. The van der Waals surface area contributed by atoms with Crippen LogP contribution in [0.2, 0.25) is 0 Å². The summed E-state index contributed by atoms with van der Waals surface area (Å²) in [6.45, 7) is 1.08. The van der Waals surface area contributed by atoms with Crippen LogP contribution in [-0.4, -0.2) is 35.6 Å². The molecule has 25 heavy (non-hydrogen) atoms. The molecule has 3 rings (SSSR count). The van der Waals surface area contributed by atoms with E-state index in [0.717, 1.165) is 11.3 Å². The highest BCUT2D eigenvalue weighted by molar-refractivity contribution is 6.12. The van der Waals surface area contributed by atoms with E-state index in [2.05, 4.69) is 15.6 Å². The summed E-state index contributed by atoms with van der Waals surface area (Å²) in [5.41, 5.74) is 7.12. The Balaban J connectivity index is 1.93. The van der Waals surface area contributed by atoms with Crippen molar-refractivity contribution in [2.24, 2.45) is 5.73 Å². The largest absolute Gasteiger partial charge is 0.460 e. The zero-order valence-electron chi connectivity index (χ0n) is 13.3. The fourth-order valence-corrected chi connectivity index (χ4v) is 2.69. The summed E-state index contributed by atoms with van der Waals surface area (Å²) in [5, 5.41) is 14.9. The predicted molar refractivity (Wildman–Crippen MR) is 93.0 cm³/mol. The van der Waals surface area contributed by atoms with E-state index in [1.165, 1.54) is 0 Å². The molecule has 2 heterocycles. The molecule has 0 radical (unpaired) electrons. The minimum atomic E-state index is -0.626. The monoisotopic (exact) mass is 342 g/mol. The van der Waals surface area contributed by atoms with E-state index in [9.17, 15) is 9.59 Å². The lowest BCUT2D eigenvalue weighted by Gasteiger charge is -2.00. The van der Waals surface area contributed by atoms with Crippen molar-refractivity contribution in [1.29, 1.82) is 0 Å². The Bertz CT molecular complexity index is 913. The van der Waals surface area contributed by atoms with Gasteiger partial charge in [-0.25, -0.2) is 0 Å². The van der Waals surface area contributed by atoms with E-state index in [1.807, 2.05) is 24.3 Å². The van der Waals surface area contributed by atoms with Crippen molar-refractivity contribution < 1.29 is 19.1 Å². The normalized spacial score (nSPS) is 10.9. The molecule has 0 aliphatic heterocycles. The molecule has 3 aromatic rings. The van der Waals surface area contributed by atoms with Crippen LogP contribution >= 0.6 is 0 Å². The highest BCUT2D eigenvalue weighted by atomic mass is 16.3. The number of aromatic nitrogens is 1. The second-order valence-corrected chi connectivity index (χ2v) is 5.43. The van der Waals surface area contributed by atoms with Gasteiger partial charge in [0.05, 0.1) is 18.7 Å². The first-order valence-corrected chi connectivity index (χ1v) is 7.70. The molecule has 0 saturated carbocycles. The fourth-order valence-electron chi connectivity index (χ4n) is 2.69. The van der Waals surface area contributed by atoms with Crippen molar-refractivity contribution in [3.8, 4) is 11.3 Å². The van der Waals surface area contributed by atoms with Crippen LogP contribution in [0.4, 0.5) is 5.82 Å². The molecule has 8 nitrogen and oxygen atoms in total. The number of primary amides is 1. The molecule has 0 atom stereocenters. The van der Waals surface area contributed by atoms with Crippen LogP contribution in [0.5, 0.6) is 0 Å². The second-order valence-electron chi connectivity index (χ2n) is 5.43. The summed E-state index contributed by atoms with van der Waals surface area (Å²) in [7, 11) is 0. The van der Waals surface area contributed by atoms with Crippen molar-refractivity contribution in [3.05, 3.63) is 41.7 Å². The Morgan fingerprint density at radius 3 is 2.88 bits per heavy atom. The SMILES string of the molecule is NC(=O)c1c(NC=O)[nH]c2cc(-c3ccc(CNCCO)o3)ccc12. The third kappa shape index (κ3) is 3.39. The Morgan fingerprint density at radius 2 is 2.16 bits per heavy atom. The van der Waals surface area contributed by atoms with Crippen LogP contribution in [0, 0.1) is 0 Å². The first-order chi connectivity index (χ1) is 12.1. The quantitative estimate of drug-likeness (QED) is 0.310. The zero-order chi connectivity index (χ0) is 17.8. The van der Waals surface area contributed by atoms with Crippen molar-refractivity contribution >= 4 is 29.0 Å². The Labute approximate surface area is 143 Å². The molecular formula is C17H18N4O4. The average Bonchev–Trinajstić information content (AvgIpc) is 3.19. The highest BCUT2D eigenvalue weighted by Crippen LogP contribution is 2.30. The first kappa shape index (κ1) is 16.7. The number of carbonyl (C=O) groups excluding carboxylic acids is 2. The van der Waals surface area contributed by atoms with Gasteiger partial charge in [0.15, 0.2) is 0 Å². The number of fused-ring (bicyclic) bond motifs is 1. The van der Waals surface area contributed by atoms with Crippen LogP contribution in [0.25, 0.3) is 22.2 Å². The molecule has 0 bridgehead atoms. The maximum absolute atomic E-state index is 11.7. The van der Waals surface area contributed by atoms with Gasteiger partial charge in [0.25, 0.3) is 5.91 Å². The average molecular weight is 342 g/mol. The van der Waals surface area contributed by atoms with Gasteiger partial charge in [-0.1, -0.05) is 12.1 Å². The number of anilines is 1. The van der Waals surface area contributed by atoms with Gasteiger partial charge in [-0.05, 0) is 18.2 Å². The maximum atomic E-state index is 11.7. The topological polar surface area (TPSA) is 133 Å². The molecule has 2 amide bonds. The summed E-state index contributed by atoms with van der Waals surface area (Å²) in [4.78, 5) is 25.3. The predicted octanol–water partition coefficient (Wildman–Crippen LogP) is 1.18. The first-order valence-electron chi connectivity index (χ1n) is 7.70. The Kier molecular flexibility index (Phi) is 4.82. The molecule has 2 aromatic heterocycles. The van der Waals surface area contributed by atoms with Crippen molar-refractivity contribution in [2.75, 3.05) is 18.5 Å². The molecular weight excluding hydrogens is 324 g/mol. The third-order valence-corrected chi connectivity index (χ3v) is 3.78. The smallest absolute Gasteiger partial charge is 0.253 e. The van der Waals surface area contributed by atoms with Gasteiger partial charge in [0, 0.05) is 23.0 Å². The van der Waals surface area contributed by atoms with E-state index < -0.39 is 5.91 Å². The number of nitrogens with one attached hydrogen (secondary N) is 3. The van der Waals surface area contributed by atoms with Crippen LogP contribution in [-0.2, 0) is 11.3 Å². The molecule has 0 fully saturated rings. The molecule has 130 valence electrons. The number of benzene rings is 1. The van der Waals surface area contributed by atoms with Crippen LogP contribution in [0.15, 0.2) is 34.7 Å². The molecule has 0 unspecified atom stereocenters. The highest BCUT2D eigenvalue weighted by Gasteiger charge is 2.17. The Hall–Kier alpha value is -3.10. The summed E-state index contributed by atoms with van der Waals surface area (Å²) >= 11 is 0. The molecule has 0 spiro atoms. The number of aromatic amines is 1. The van der Waals surface area contributed by atoms with Gasteiger partial charge >= 0.3 is 0 Å². The van der Waals surface area contributed by atoms with Gasteiger partial charge in [-0.15, -0.1) is 0 Å². The standard InChI is InChI=1S/C17H18N4O4/c18-16(24)15-12-3-1-10(7-13(12)21-17(15)20-9-23)14-4-2-11(25-14)8-19-5-6-22/h1-4,7,9,19,21-22H,5-6,8H2,(H2,18,24)(H,20,23). The van der Waals surface area contributed by atoms with E-state index in [4.69, 9.17) is 15.3 Å². The molecule has 8 heteroatoms. The summed E-state index contributed by atoms with van der Waals surface area (Å²) in [5.74, 6) is 1.06. The summed E-state index contributed by atoms with van der Waals surface area (Å²) < 4.78 is 5.78. The fraction of sp³-hybridized carbons (Fsp3) is 0.176. The number of nitrogens with two attached hydrogens (primary N) is 1. The van der Waals surface area contributed by atoms with Crippen molar-refractivity contribution in [1.82, 2.24) is 10.3 Å². The van der Waals surface area contributed by atoms with Crippen molar-refractivity contribution in [2.45, 2.75) is 6.54 Å². The second kappa shape index (κ2) is 7.20. The minimum Gasteiger partial charge on any atom is -0.460 e. The van der Waals surface area contributed by atoms with Crippen LogP contribution in [0.3, 0.4) is 0 Å². The molecule has 0 aliphatic carbocycles. The van der Waals surface area contributed by atoms with Gasteiger partial charge in [-0.3, -0.25) is 9.59 Å². The number of H-pyrrole nitrogens is 1.